The Labute approximate surface area is 145 Å². The highest BCUT2D eigenvalue weighted by atomic mass is 19.1. The van der Waals surface area contributed by atoms with Gasteiger partial charge in [-0.1, -0.05) is 38.0 Å². The average molecular weight is 348 g/mol. The van der Waals surface area contributed by atoms with Crippen LogP contribution in [0, 0.1) is 11.7 Å². The Balaban J connectivity index is 1.62. The summed E-state index contributed by atoms with van der Waals surface area (Å²) in [5.74, 6) is -1.56. The largest absolute Gasteiger partial charge is 0.459 e. The Morgan fingerprint density at radius 2 is 2.12 bits per heavy atom. The first-order valence-electron chi connectivity index (χ1n) is 8.47. The maximum atomic E-state index is 13.5. The summed E-state index contributed by atoms with van der Waals surface area (Å²) in [6.45, 7) is 1.24. The van der Waals surface area contributed by atoms with Crippen LogP contribution in [0.2, 0.25) is 0 Å². The fourth-order valence-corrected chi connectivity index (χ4v) is 3.59. The van der Waals surface area contributed by atoms with Crippen LogP contribution in [0.5, 0.6) is 0 Å². The third-order valence-corrected chi connectivity index (χ3v) is 5.14. The maximum Gasteiger partial charge on any atom is 0.326 e. The van der Waals surface area contributed by atoms with Crippen molar-refractivity contribution in [3.8, 4) is 0 Å². The van der Waals surface area contributed by atoms with Crippen molar-refractivity contribution in [2.45, 2.75) is 44.8 Å². The normalized spacial score (nSPS) is 26.0. The minimum absolute atomic E-state index is 0.0251. The molecule has 2 fully saturated rings. The van der Waals surface area contributed by atoms with E-state index in [1.54, 1.807) is 12.1 Å². The van der Waals surface area contributed by atoms with Crippen LogP contribution in [0.3, 0.4) is 0 Å². The Morgan fingerprint density at radius 3 is 2.84 bits per heavy atom. The zero-order valence-corrected chi connectivity index (χ0v) is 14.1. The van der Waals surface area contributed by atoms with Crippen LogP contribution < -0.4 is 5.32 Å². The molecule has 0 bridgehead atoms. The molecular weight excluding hydrogens is 327 g/mol. The van der Waals surface area contributed by atoms with Gasteiger partial charge in [0.15, 0.2) is 0 Å². The lowest BCUT2D eigenvalue weighted by Crippen LogP contribution is -2.54. The summed E-state index contributed by atoms with van der Waals surface area (Å²) in [4.78, 5) is 37.9. The van der Waals surface area contributed by atoms with Crippen LogP contribution in [0.25, 0.3) is 0 Å². The minimum Gasteiger partial charge on any atom is -0.459 e. The minimum atomic E-state index is -0.902. The highest BCUT2D eigenvalue weighted by molar-refractivity contribution is 6.08. The highest BCUT2D eigenvalue weighted by Gasteiger charge is 2.55. The van der Waals surface area contributed by atoms with Crippen molar-refractivity contribution >= 4 is 17.9 Å². The van der Waals surface area contributed by atoms with Crippen molar-refractivity contribution < 1.29 is 23.5 Å². The van der Waals surface area contributed by atoms with E-state index in [4.69, 9.17) is 4.74 Å². The highest BCUT2D eigenvalue weighted by Crippen LogP contribution is 2.38. The summed E-state index contributed by atoms with van der Waals surface area (Å²) >= 11 is 0. The number of hydrogen-bond acceptors (Lipinski definition) is 4. The number of nitrogens with one attached hydrogen (secondary N) is 1. The van der Waals surface area contributed by atoms with Gasteiger partial charge in [-0.3, -0.25) is 14.5 Å². The number of esters is 1. The number of amides is 3. The molecule has 1 aromatic rings. The summed E-state index contributed by atoms with van der Waals surface area (Å²) in [5.41, 5.74) is -0.661. The topological polar surface area (TPSA) is 75.7 Å². The van der Waals surface area contributed by atoms with Gasteiger partial charge in [0.1, 0.15) is 24.5 Å². The fraction of sp³-hybridized carbons (Fsp3) is 0.500. The average Bonchev–Trinajstić information content (AvgIpc) is 2.82. The standard InChI is InChI=1S/C18H21FN2O4/c1-12-6-4-5-9-18(12)16(23)21(17(24)20-18)10-15(22)25-11-13-7-2-3-8-14(13)19/h2-3,7-8,12H,4-6,9-11H2,1H3,(H,20,24)/t12-,18-/m1/s1. The molecule has 1 spiro atoms. The quantitative estimate of drug-likeness (QED) is 0.669. The van der Waals surface area contributed by atoms with E-state index in [2.05, 4.69) is 5.32 Å². The van der Waals surface area contributed by atoms with Gasteiger partial charge in [0.2, 0.25) is 0 Å². The number of halogens is 1. The molecule has 0 unspecified atom stereocenters. The molecule has 1 aliphatic heterocycles. The summed E-state index contributed by atoms with van der Waals surface area (Å²) in [6, 6.07) is 5.39. The molecule has 3 rings (SSSR count). The van der Waals surface area contributed by atoms with Gasteiger partial charge in [-0.2, -0.15) is 0 Å². The van der Waals surface area contributed by atoms with Crippen LogP contribution in [-0.2, 0) is 20.9 Å². The number of rotatable bonds is 4. The number of benzene rings is 1. The smallest absolute Gasteiger partial charge is 0.326 e. The predicted molar refractivity (Wildman–Crippen MR) is 86.8 cm³/mol. The number of nitrogens with zero attached hydrogens (tertiary/aromatic N) is 1. The molecule has 0 radical (unpaired) electrons. The van der Waals surface area contributed by atoms with Crippen LogP contribution >= 0.6 is 0 Å². The van der Waals surface area contributed by atoms with Crippen molar-refractivity contribution in [2.75, 3.05) is 6.54 Å². The second kappa shape index (κ2) is 6.82. The van der Waals surface area contributed by atoms with Gasteiger partial charge in [-0.15, -0.1) is 0 Å². The van der Waals surface area contributed by atoms with E-state index in [0.29, 0.717) is 6.42 Å². The van der Waals surface area contributed by atoms with Crippen LogP contribution in [-0.4, -0.2) is 34.9 Å². The number of urea groups is 1. The Bertz CT molecular complexity index is 708. The lowest BCUT2D eigenvalue weighted by Gasteiger charge is -2.36. The first-order chi connectivity index (χ1) is 11.9. The zero-order chi connectivity index (χ0) is 18.0. The molecule has 2 atom stereocenters. The fourth-order valence-electron chi connectivity index (χ4n) is 3.59. The number of carbonyl (C=O) groups excluding carboxylic acids is 3. The van der Waals surface area contributed by atoms with E-state index >= 15 is 0 Å². The predicted octanol–water partition coefficient (Wildman–Crippen LogP) is 2.37. The van der Waals surface area contributed by atoms with Crippen LogP contribution in [0.4, 0.5) is 9.18 Å². The van der Waals surface area contributed by atoms with Crippen LogP contribution in [0.15, 0.2) is 24.3 Å². The number of ether oxygens (including phenoxy) is 1. The molecule has 6 nitrogen and oxygen atoms in total. The van der Waals surface area contributed by atoms with Crippen molar-refractivity contribution in [3.63, 3.8) is 0 Å². The Kier molecular flexibility index (Phi) is 4.74. The summed E-state index contributed by atoms with van der Waals surface area (Å²) in [5, 5.41) is 2.78. The van der Waals surface area contributed by atoms with Crippen molar-refractivity contribution in [1.82, 2.24) is 10.2 Å². The first-order valence-corrected chi connectivity index (χ1v) is 8.47. The first kappa shape index (κ1) is 17.4. The molecule has 1 N–H and O–H groups in total. The van der Waals surface area contributed by atoms with Crippen molar-refractivity contribution in [3.05, 3.63) is 35.6 Å². The number of imide groups is 1. The number of carbonyl (C=O) groups is 3. The second-order valence-corrected chi connectivity index (χ2v) is 6.69. The molecular formula is C18H21FN2O4. The van der Waals surface area contributed by atoms with Gasteiger partial charge in [-0.05, 0) is 24.8 Å². The van der Waals surface area contributed by atoms with E-state index in [1.165, 1.54) is 12.1 Å². The van der Waals surface area contributed by atoms with E-state index in [-0.39, 0.29) is 24.0 Å². The molecule has 2 aliphatic rings. The number of hydrogen-bond donors (Lipinski definition) is 1. The van der Waals surface area contributed by atoms with E-state index < -0.39 is 29.9 Å². The lowest BCUT2D eigenvalue weighted by atomic mass is 9.73. The van der Waals surface area contributed by atoms with Gasteiger partial charge in [0.25, 0.3) is 5.91 Å². The third kappa shape index (κ3) is 3.23. The third-order valence-electron chi connectivity index (χ3n) is 5.14. The van der Waals surface area contributed by atoms with Gasteiger partial charge in [0, 0.05) is 5.56 Å². The van der Waals surface area contributed by atoms with E-state index in [1.807, 2.05) is 6.92 Å². The van der Waals surface area contributed by atoms with Gasteiger partial charge >= 0.3 is 12.0 Å². The molecule has 3 amide bonds. The molecule has 1 saturated heterocycles. The molecule has 134 valence electrons. The van der Waals surface area contributed by atoms with Gasteiger partial charge in [0.05, 0.1) is 0 Å². The Hall–Kier alpha value is -2.44. The lowest BCUT2D eigenvalue weighted by molar-refractivity contribution is -0.149. The van der Waals surface area contributed by atoms with E-state index in [9.17, 15) is 18.8 Å². The second-order valence-electron chi connectivity index (χ2n) is 6.69. The molecule has 25 heavy (non-hydrogen) atoms. The van der Waals surface area contributed by atoms with Gasteiger partial charge in [-0.25, -0.2) is 9.18 Å². The van der Waals surface area contributed by atoms with Crippen LogP contribution in [0.1, 0.15) is 38.2 Å². The molecule has 1 aromatic carbocycles. The maximum absolute atomic E-state index is 13.5. The van der Waals surface area contributed by atoms with Crippen molar-refractivity contribution in [1.29, 1.82) is 0 Å². The van der Waals surface area contributed by atoms with Gasteiger partial charge < -0.3 is 10.1 Å². The summed E-state index contributed by atoms with van der Waals surface area (Å²) in [6.07, 6.45) is 3.33. The summed E-state index contributed by atoms with van der Waals surface area (Å²) in [7, 11) is 0. The SMILES string of the molecule is C[C@@H]1CCCC[C@@]12NC(=O)N(CC(=O)OCc1ccccc1F)C2=O. The molecule has 1 saturated carbocycles. The van der Waals surface area contributed by atoms with Crippen molar-refractivity contribution in [2.24, 2.45) is 5.92 Å². The molecule has 1 aliphatic carbocycles. The summed E-state index contributed by atoms with van der Waals surface area (Å²) < 4.78 is 18.5. The molecule has 0 aromatic heterocycles. The van der Waals surface area contributed by atoms with E-state index in [0.717, 1.165) is 24.2 Å². The molecule has 1 heterocycles. The monoisotopic (exact) mass is 348 g/mol. The molecule has 7 heteroatoms. The zero-order valence-electron chi connectivity index (χ0n) is 14.1. The Morgan fingerprint density at radius 1 is 1.36 bits per heavy atom.